The third kappa shape index (κ3) is 1.77. The van der Waals surface area contributed by atoms with Crippen molar-refractivity contribution >= 4 is 22.8 Å². The Morgan fingerprint density at radius 2 is 2.31 bits per heavy atom. The van der Waals surface area contributed by atoms with E-state index >= 15 is 0 Å². The molecule has 0 bridgehead atoms. The van der Waals surface area contributed by atoms with Crippen LogP contribution in [0.4, 0.5) is 5.82 Å². The van der Waals surface area contributed by atoms with Gasteiger partial charge in [0.25, 0.3) is 0 Å². The number of fused-ring (bicyclic) bond motifs is 1. The first kappa shape index (κ1) is 9.35. The lowest BCUT2D eigenvalue weighted by molar-refractivity contribution is 0.927. The van der Waals surface area contributed by atoms with E-state index in [4.69, 9.17) is 0 Å². The van der Waals surface area contributed by atoms with Crippen molar-refractivity contribution in [3.05, 3.63) is 46.9 Å². The molecule has 0 radical (unpaired) electrons. The summed E-state index contributed by atoms with van der Waals surface area (Å²) in [5, 5.41) is 9.73. The number of hydrogen-bond donors (Lipinski definition) is 1. The van der Waals surface area contributed by atoms with Crippen LogP contribution in [0.5, 0.6) is 0 Å². The molecule has 0 aromatic carbocycles. The maximum Gasteiger partial charge on any atom is 0.153 e. The minimum atomic E-state index is 0.810. The fourth-order valence-electron chi connectivity index (χ4n) is 1.50. The lowest BCUT2D eigenvalue weighted by Crippen LogP contribution is -2.02. The van der Waals surface area contributed by atoms with E-state index in [2.05, 4.69) is 26.8 Å². The number of thiophene rings is 1. The summed E-state index contributed by atoms with van der Waals surface area (Å²) in [4.78, 5) is 5.44. The summed E-state index contributed by atoms with van der Waals surface area (Å²) in [7, 11) is 0. The third-order valence-corrected chi connectivity index (χ3v) is 3.16. The van der Waals surface area contributed by atoms with E-state index < -0.39 is 0 Å². The Bertz CT molecular complexity index is 585. The molecule has 16 heavy (non-hydrogen) atoms. The van der Waals surface area contributed by atoms with Crippen molar-refractivity contribution in [1.29, 1.82) is 0 Å². The number of rotatable bonds is 3. The SMILES string of the molecule is c1csc(CNc2ccc3nccn3n2)c1. The van der Waals surface area contributed by atoms with Crippen LogP contribution in [0, 0.1) is 0 Å². The molecular weight excluding hydrogens is 220 g/mol. The van der Waals surface area contributed by atoms with Gasteiger partial charge in [-0.3, -0.25) is 0 Å². The van der Waals surface area contributed by atoms with Crippen LogP contribution >= 0.6 is 11.3 Å². The Balaban J connectivity index is 1.78. The maximum absolute atomic E-state index is 4.38. The molecule has 0 aliphatic heterocycles. The molecule has 0 aliphatic rings. The lowest BCUT2D eigenvalue weighted by atomic mass is 10.4. The summed E-state index contributed by atoms with van der Waals surface area (Å²) in [6.07, 6.45) is 3.58. The van der Waals surface area contributed by atoms with Crippen LogP contribution in [-0.2, 0) is 6.54 Å². The largest absolute Gasteiger partial charge is 0.364 e. The molecule has 0 aliphatic carbocycles. The van der Waals surface area contributed by atoms with Crippen LogP contribution in [0.2, 0.25) is 0 Å². The summed E-state index contributed by atoms with van der Waals surface area (Å²) < 4.78 is 1.76. The molecule has 0 spiro atoms. The van der Waals surface area contributed by atoms with Gasteiger partial charge in [-0.2, -0.15) is 0 Å². The van der Waals surface area contributed by atoms with Crippen LogP contribution in [0.25, 0.3) is 5.65 Å². The smallest absolute Gasteiger partial charge is 0.153 e. The minimum absolute atomic E-state index is 0.810. The van der Waals surface area contributed by atoms with E-state index in [1.54, 1.807) is 22.0 Å². The highest BCUT2D eigenvalue weighted by Gasteiger charge is 1.98. The summed E-state index contributed by atoms with van der Waals surface area (Å²) in [6, 6.07) is 8.04. The first-order valence-electron chi connectivity index (χ1n) is 4.98. The molecule has 0 fully saturated rings. The van der Waals surface area contributed by atoms with Gasteiger partial charge in [0, 0.05) is 17.3 Å². The normalized spacial score (nSPS) is 10.8. The zero-order valence-electron chi connectivity index (χ0n) is 8.50. The van der Waals surface area contributed by atoms with Crippen molar-refractivity contribution < 1.29 is 0 Å². The van der Waals surface area contributed by atoms with Crippen LogP contribution in [0.3, 0.4) is 0 Å². The van der Waals surface area contributed by atoms with Crippen molar-refractivity contribution in [1.82, 2.24) is 14.6 Å². The number of imidazole rings is 1. The Morgan fingerprint density at radius 1 is 1.31 bits per heavy atom. The Morgan fingerprint density at radius 3 is 3.19 bits per heavy atom. The Hall–Kier alpha value is -1.88. The van der Waals surface area contributed by atoms with Gasteiger partial charge in [-0.25, -0.2) is 9.50 Å². The maximum atomic E-state index is 4.38. The molecule has 0 saturated carbocycles. The predicted molar refractivity (Wildman–Crippen MR) is 64.6 cm³/mol. The van der Waals surface area contributed by atoms with Gasteiger partial charge in [0.2, 0.25) is 0 Å². The van der Waals surface area contributed by atoms with E-state index in [0.717, 1.165) is 18.0 Å². The third-order valence-electron chi connectivity index (χ3n) is 2.28. The second-order valence-corrected chi connectivity index (χ2v) is 4.41. The molecule has 80 valence electrons. The standard InChI is InChI=1S/C11H10N4S/c1-2-9(16-7-1)8-13-10-3-4-11-12-5-6-15(11)14-10/h1-7H,8H2,(H,13,14). The minimum Gasteiger partial charge on any atom is -0.364 e. The zero-order valence-corrected chi connectivity index (χ0v) is 9.31. The molecule has 0 atom stereocenters. The molecule has 0 amide bonds. The van der Waals surface area contributed by atoms with Gasteiger partial charge in [0.15, 0.2) is 5.65 Å². The fourth-order valence-corrected chi connectivity index (χ4v) is 2.14. The molecule has 0 saturated heterocycles. The molecule has 5 heteroatoms. The highest BCUT2D eigenvalue weighted by molar-refractivity contribution is 7.09. The highest BCUT2D eigenvalue weighted by atomic mass is 32.1. The first-order chi connectivity index (χ1) is 7.92. The van der Waals surface area contributed by atoms with Gasteiger partial charge in [-0.1, -0.05) is 6.07 Å². The quantitative estimate of drug-likeness (QED) is 0.751. The van der Waals surface area contributed by atoms with Gasteiger partial charge in [0.1, 0.15) is 5.82 Å². The van der Waals surface area contributed by atoms with Crippen molar-refractivity contribution in [2.24, 2.45) is 0 Å². The van der Waals surface area contributed by atoms with Crippen LogP contribution in [0.15, 0.2) is 42.0 Å². The van der Waals surface area contributed by atoms with Crippen molar-refractivity contribution in [2.75, 3.05) is 5.32 Å². The van der Waals surface area contributed by atoms with E-state index in [1.807, 2.05) is 24.4 Å². The van der Waals surface area contributed by atoms with Gasteiger partial charge in [-0.05, 0) is 23.6 Å². The Labute approximate surface area is 96.6 Å². The van der Waals surface area contributed by atoms with E-state index in [1.165, 1.54) is 4.88 Å². The van der Waals surface area contributed by atoms with Crippen LogP contribution in [0.1, 0.15) is 4.88 Å². The number of anilines is 1. The van der Waals surface area contributed by atoms with Gasteiger partial charge in [-0.15, -0.1) is 16.4 Å². The molecule has 0 unspecified atom stereocenters. The lowest BCUT2D eigenvalue weighted by Gasteiger charge is -2.03. The van der Waals surface area contributed by atoms with E-state index in [-0.39, 0.29) is 0 Å². The van der Waals surface area contributed by atoms with E-state index in [9.17, 15) is 0 Å². The summed E-state index contributed by atoms with van der Waals surface area (Å²) in [5.74, 6) is 0.860. The fraction of sp³-hybridized carbons (Fsp3) is 0.0909. The second kappa shape index (κ2) is 3.94. The van der Waals surface area contributed by atoms with Crippen molar-refractivity contribution in [3.8, 4) is 0 Å². The van der Waals surface area contributed by atoms with Gasteiger partial charge >= 0.3 is 0 Å². The molecule has 4 nitrogen and oxygen atoms in total. The second-order valence-electron chi connectivity index (χ2n) is 3.38. The first-order valence-corrected chi connectivity index (χ1v) is 5.86. The molecule has 3 aromatic heterocycles. The van der Waals surface area contributed by atoms with Crippen LogP contribution in [-0.4, -0.2) is 14.6 Å². The number of nitrogens with zero attached hydrogens (tertiary/aromatic N) is 3. The van der Waals surface area contributed by atoms with Crippen molar-refractivity contribution in [2.45, 2.75) is 6.54 Å². The number of hydrogen-bond acceptors (Lipinski definition) is 4. The molecule has 3 aromatic rings. The summed E-state index contributed by atoms with van der Waals surface area (Å²) >= 11 is 1.74. The van der Waals surface area contributed by atoms with Crippen molar-refractivity contribution in [3.63, 3.8) is 0 Å². The average molecular weight is 230 g/mol. The predicted octanol–water partition coefficient (Wildman–Crippen LogP) is 2.40. The summed E-state index contributed by atoms with van der Waals surface area (Å²) in [5.41, 5.74) is 0.863. The number of nitrogens with one attached hydrogen (secondary N) is 1. The molecule has 1 N–H and O–H groups in total. The molecule has 3 heterocycles. The van der Waals surface area contributed by atoms with Gasteiger partial charge in [0.05, 0.1) is 6.54 Å². The monoisotopic (exact) mass is 230 g/mol. The molecular formula is C11H10N4S. The zero-order chi connectivity index (χ0) is 10.8. The van der Waals surface area contributed by atoms with E-state index in [0.29, 0.717) is 0 Å². The topological polar surface area (TPSA) is 42.2 Å². The average Bonchev–Trinajstić information content (AvgIpc) is 2.97. The number of aromatic nitrogens is 3. The van der Waals surface area contributed by atoms with Gasteiger partial charge < -0.3 is 5.32 Å². The summed E-state index contributed by atoms with van der Waals surface area (Å²) in [6.45, 7) is 0.810. The molecule has 3 rings (SSSR count). The highest BCUT2D eigenvalue weighted by Crippen LogP contribution is 2.11. The van der Waals surface area contributed by atoms with Crippen LogP contribution < -0.4 is 5.32 Å². The Kier molecular flexibility index (Phi) is 2.30.